The van der Waals surface area contributed by atoms with Crippen LogP contribution in [0.1, 0.15) is 79.5 Å². The first-order valence-electron chi connectivity index (χ1n) is 15.1. The molecule has 0 unspecified atom stereocenters. The minimum absolute atomic E-state index is 0.0804. The Balaban J connectivity index is 1.25. The third kappa shape index (κ3) is 10.1. The van der Waals surface area contributed by atoms with Gasteiger partial charge in [0.1, 0.15) is 17.6 Å². The average Bonchev–Trinajstić information content (AvgIpc) is 3.16. The minimum Gasteiger partial charge on any atom is -0.497 e. The van der Waals surface area contributed by atoms with Crippen molar-refractivity contribution in [2.24, 2.45) is 0 Å². The molecule has 1 aliphatic carbocycles. The number of aliphatic hydroxyl groups excluding tert-OH is 2. The predicted octanol–water partition coefficient (Wildman–Crippen LogP) is 5.00. The monoisotopic (exact) mass is 612 g/mol. The van der Waals surface area contributed by atoms with Crippen LogP contribution >= 0.6 is 0 Å². The van der Waals surface area contributed by atoms with Gasteiger partial charge in [0.2, 0.25) is 0 Å². The molecule has 44 heavy (non-hydrogen) atoms. The maximum absolute atomic E-state index is 12.7. The molecule has 10 heteroatoms. The van der Waals surface area contributed by atoms with Crippen LogP contribution in [0.5, 0.6) is 11.5 Å². The summed E-state index contributed by atoms with van der Waals surface area (Å²) in [5, 5.41) is 21.4. The molecule has 1 saturated heterocycles. The highest BCUT2D eigenvalue weighted by Crippen LogP contribution is 2.34. The van der Waals surface area contributed by atoms with E-state index < -0.39 is 36.0 Å². The first kappa shape index (κ1) is 33.5. The number of carbonyl (C=O) groups excluding carboxylic acids is 2. The molecule has 1 heterocycles. The highest BCUT2D eigenvalue weighted by Gasteiger charge is 2.37. The zero-order valence-corrected chi connectivity index (χ0v) is 25.9. The van der Waals surface area contributed by atoms with Gasteiger partial charge < -0.3 is 38.6 Å². The number of hydrogen-bond acceptors (Lipinski definition) is 10. The van der Waals surface area contributed by atoms with Crippen LogP contribution in [-0.2, 0) is 18.9 Å². The maximum Gasteiger partial charge on any atom is 0.338 e. The van der Waals surface area contributed by atoms with Crippen molar-refractivity contribution in [3.8, 4) is 11.5 Å². The summed E-state index contributed by atoms with van der Waals surface area (Å²) in [6, 6.07) is 13.4. The fourth-order valence-corrected chi connectivity index (χ4v) is 5.68. The van der Waals surface area contributed by atoms with Crippen molar-refractivity contribution >= 4 is 11.9 Å². The predicted molar refractivity (Wildman–Crippen MR) is 162 cm³/mol. The molecule has 240 valence electrons. The second-order valence-corrected chi connectivity index (χ2v) is 11.8. The smallest absolute Gasteiger partial charge is 0.338 e. The molecular weight excluding hydrogens is 568 g/mol. The summed E-state index contributed by atoms with van der Waals surface area (Å²) in [5.74, 6) is -0.445. The van der Waals surface area contributed by atoms with Crippen molar-refractivity contribution < 1.29 is 48.2 Å². The number of aliphatic hydroxyl groups is 2. The topological polar surface area (TPSA) is 130 Å². The van der Waals surface area contributed by atoms with Crippen LogP contribution in [-0.4, -0.2) is 79.3 Å². The van der Waals surface area contributed by atoms with Crippen LogP contribution in [0.2, 0.25) is 0 Å². The molecule has 2 aromatic carbocycles. The second-order valence-electron chi connectivity index (χ2n) is 11.8. The van der Waals surface area contributed by atoms with Crippen LogP contribution in [0, 0.1) is 0 Å². The Bertz CT molecular complexity index is 1250. The summed E-state index contributed by atoms with van der Waals surface area (Å²) in [7, 11) is 3.12. The van der Waals surface area contributed by atoms with Crippen LogP contribution < -0.4 is 9.47 Å². The van der Waals surface area contributed by atoms with Gasteiger partial charge >= 0.3 is 11.9 Å². The Hall–Kier alpha value is -3.44. The second kappa shape index (κ2) is 15.5. The third-order valence-corrected chi connectivity index (χ3v) is 7.76. The van der Waals surface area contributed by atoms with E-state index in [-0.39, 0.29) is 25.2 Å². The number of hydrogen-bond donors (Lipinski definition) is 2. The zero-order valence-electron chi connectivity index (χ0n) is 25.9. The lowest BCUT2D eigenvalue weighted by atomic mass is 9.95. The molecule has 2 N–H and O–H groups in total. The zero-order chi connectivity index (χ0) is 31.7. The lowest BCUT2D eigenvalue weighted by Crippen LogP contribution is -2.45. The first-order chi connectivity index (χ1) is 21.0. The van der Waals surface area contributed by atoms with Gasteiger partial charge in [0.05, 0.1) is 56.4 Å². The SMILES string of the molecule is COc1ccc(C(=O)OCC[C@H](O)C[C@@H]2C[C@@H](CC3=CC[C@@H](OC(=O)c4ccc(OC)cc4)C[C@H](O)C3)OC(C)(C)O2)cc1. The Labute approximate surface area is 258 Å². The van der Waals surface area contributed by atoms with E-state index in [4.69, 9.17) is 28.4 Å². The summed E-state index contributed by atoms with van der Waals surface area (Å²) >= 11 is 0. The van der Waals surface area contributed by atoms with Crippen molar-refractivity contribution in [1.29, 1.82) is 0 Å². The Kier molecular flexibility index (Phi) is 11.8. The molecular formula is C34H44O10. The van der Waals surface area contributed by atoms with Crippen LogP contribution in [0.15, 0.2) is 60.2 Å². The van der Waals surface area contributed by atoms with Crippen molar-refractivity contribution in [3.05, 3.63) is 71.3 Å². The number of benzene rings is 2. The van der Waals surface area contributed by atoms with E-state index in [1.54, 1.807) is 62.8 Å². The van der Waals surface area contributed by atoms with Crippen molar-refractivity contribution in [2.45, 2.75) is 95.1 Å². The van der Waals surface area contributed by atoms with Gasteiger partial charge in [0, 0.05) is 25.7 Å². The van der Waals surface area contributed by atoms with Gasteiger partial charge in [-0.1, -0.05) is 11.6 Å². The first-order valence-corrected chi connectivity index (χ1v) is 15.1. The fourth-order valence-electron chi connectivity index (χ4n) is 5.68. The molecule has 0 bridgehead atoms. The van der Waals surface area contributed by atoms with E-state index in [2.05, 4.69) is 0 Å². The summed E-state index contributed by atoms with van der Waals surface area (Å²) in [6.45, 7) is 3.78. The summed E-state index contributed by atoms with van der Waals surface area (Å²) in [4.78, 5) is 25.0. The molecule has 0 radical (unpaired) electrons. The molecule has 0 saturated carbocycles. The molecule has 0 aromatic heterocycles. The van der Waals surface area contributed by atoms with Crippen molar-refractivity contribution in [2.75, 3.05) is 20.8 Å². The average molecular weight is 613 g/mol. The largest absolute Gasteiger partial charge is 0.497 e. The van der Waals surface area contributed by atoms with Gasteiger partial charge in [-0.25, -0.2) is 9.59 Å². The van der Waals surface area contributed by atoms with Gasteiger partial charge in [0.15, 0.2) is 5.79 Å². The van der Waals surface area contributed by atoms with Gasteiger partial charge in [0.25, 0.3) is 0 Å². The fraction of sp³-hybridized carbons (Fsp3) is 0.529. The Morgan fingerprint density at radius 3 is 2.11 bits per heavy atom. The van der Waals surface area contributed by atoms with Crippen LogP contribution in [0.4, 0.5) is 0 Å². The molecule has 10 nitrogen and oxygen atoms in total. The maximum atomic E-state index is 12.7. The molecule has 4 rings (SSSR count). The number of carbonyl (C=O) groups is 2. The number of esters is 2. The van der Waals surface area contributed by atoms with Crippen molar-refractivity contribution in [3.63, 3.8) is 0 Å². The standard InChI is InChI=1S/C34H44O10/c1-34(2)43-30(21-31(44-34)19-25(35)15-16-41-32(37)23-6-11-27(39-3)12-7-23)18-22-5-10-29(20-26(36)17-22)42-33(38)24-8-13-28(40-4)14-9-24/h5-9,11-14,25-26,29-31,35-36H,10,15-21H2,1-4H3/t25-,26+,29+,30+,31+/m0/s1. The lowest BCUT2D eigenvalue weighted by Gasteiger charge is -2.41. The van der Waals surface area contributed by atoms with E-state index in [9.17, 15) is 19.8 Å². The molecule has 5 atom stereocenters. The molecule has 2 aromatic rings. The van der Waals surface area contributed by atoms with E-state index in [1.807, 2.05) is 19.9 Å². The molecule has 1 fully saturated rings. The van der Waals surface area contributed by atoms with E-state index in [0.717, 1.165) is 5.57 Å². The molecule has 1 aliphatic heterocycles. The van der Waals surface area contributed by atoms with Gasteiger partial charge in [-0.05, 0) is 81.6 Å². The quantitative estimate of drug-likeness (QED) is 0.250. The Morgan fingerprint density at radius 2 is 1.50 bits per heavy atom. The van der Waals surface area contributed by atoms with Gasteiger partial charge in [-0.2, -0.15) is 0 Å². The Morgan fingerprint density at radius 1 is 0.909 bits per heavy atom. The van der Waals surface area contributed by atoms with E-state index >= 15 is 0 Å². The molecule has 0 amide bonds. The molecule has 0 spiro atoms. The van der Waals surface area contributed by atoms with Crippen LogP contribution in [0.3, 0.4) is 0 Å². The summed E-state index contributed by atoms with van der Waals surface area (Å²) in [6.07, 6.45) is 2.90. The normalized spacial score (nSPS) is 23.9. The highest BCUT2D eigenvalue weighted by molar-refractivity contribution is 5.90. The summed E-state index contributed by atoms with van der Waals surface area (Å²) in [5.41, 5.74) is 1.88. The van der Waals surface area contributed by atoms with Crippen LogP contribution in [0.25, 0.3) is 0 Å². The van der Waals surface area contributed by atoms with E-state index in [0.29, 0.717) is 61.2 Å². The molecule has 2 aliphatic rings. The van der Waals surface area contributed by atoms with E-state index in [1.165, 1.54) is 0 Å². The van der Waals surface area contributed by atoms with Crippen molar-refractivity contribution in [1.82, 2.24) is 0 Å². The minimum atomic E-state index is -0.853. The number of ether oxygens (including phenoxy) is 6. The third-order valence-electron chi connectivity index (χ3n) is 7.76. The number of methoxy groups -OCH3 is 2. The lowest BCUT2D eigenvalue weighted by molar-refractivity contribution is -0.302. The van der Waals surface area contributed by atoms with Gasteiger partial charge in [-0.3, -0.25) is 0 Å². The number of rotatable bonds is 12. The summed E-state index contributed by atoms with van der Waals surface area (Å²) < 4.78 is 33.6. The van der Waals surface area contributed by atoms with Gasteiger partial charge in [-0.15, -0.1) is 0 Å². The highest BCUT2D eigenvalue weighted by atomic mass is 16.7.